The Balaban J connectivity index is 1.87. The number of hydrogen-bond donors (Lipinski definition) is 1. The van der Waals surface area contributed by atoms with E-state index in [9.17, 15) is 9.59 Å². The van der Waals surface area contributed by atoms with Crippen molar-refractivity contribution in [2.45, 2.75) is 32.9 Å². The number of nitrogens with one attached hydrogen (secondary N) is 1. The molecule has 1 atom stereocenters. The molecule has 2 rings (SSSR count). The van der Waals surface area contributed by atoms with E-state index in [4.69, 9.17) is 0 Å². The van der Waals surface area contributed by atoms with Crippen LogP contribution in [0.2, 0.25) is 0 Å². The van der Waals surface area contributed by atoms with Gasteiger partial charge in [-0.1, -0.05) is 17.4 Å². The van der Waals surface area contributed by atoms with Crippen molar-refractivity contribution in [1.29, 1.82) is 0 Å². The van der Waals surface area contributed by atoms with Crippen molar-refractivity contribution in [3.8, 4) is 0 Å². The highest BCUT2D eigenvalue weighted by Crippen LogP contribution is 2.18. The highest BCUT2D eigenvalue weighted by Gasteiger charge is 2.11. The van der Waals surface area contributed by atoms with Crippen LogP contribution in [-0.2, 0) is 11.3 Å². The number of amides is 1. The Morgan fingerprint density at radius 3 is 2.84 bits per heavy atom. The molecule has 0 bridgehead atoms. The van der Waals surface area contributed by atoms with Crippen molar-refractivity contribution in [3.63, 3.8) is 0 Å². The minimum absolute atomic E-state index is 0.00314. The van der Waals surface area contributed by atoms with E-state index in [2.05, 4.69) is 5.32 Å². The number of nitrogens with zero attached hydrogens (tertiary/aromatic N) is 1. The number of aromatic nitrogens is 1. The van der Waals surface area contributed by atoms with E-state index in [0.717, 1.165) is 10.6 Å². The molecule has 0 aliphatic heterocycles. The van der Waals surface area contributed by atoms with Gasteiger partial charge < -0.3 is 9.88 Å². The molecule has 1 amide bonds. The molecule has 2 heterocycles. The quantitative estimate of drug-likeness (QED) is 0.922. The first-order valence-electron chi connectivity index (χ1n) is 6.05. The predicted molar refractivity (Wildman–Crippen MR) is 78.8 cm³/mol. The zero-order valence-corrected chi connectivity index (χ0v) is 12.5. The molecule has 6 heteroatoms. The lowest BCUT2D eigenvalue weighted by Crippen LogP contribution is -2.28. The molecule has 2 aromatic rings. The Bertz CT molecular complexity index is 598. The van der Waals surface area contributed by atoms with Crippen LogP contribution in [0.15, 0.2) is 27.7 Å². The minimum atomic E-state index is -0.0293. The van der Waals surface area contributed by atoms with Crippen molar-refractivity contribution < 1.29 is 4.79 Å². The second kappa shape index (κ2) is 6.16. The van der Waals surface area contributed by atoms with E-state index in [1.165, 1.54) is 11.3 Å². The lowest BCUT2D eigenvalue weighted by Gasteiger charge is -2.12. The van der Waals surface area contributed by atoms with E-state index in [0.29, 0.717) is 13.0 Å². The van der Waals surface area contributed by atoms with E-state index in [1.54, 1.807) is 15.9 Å². The van der Waals surface area contributed by atoms with Crippen molar-refractivity contribution in [3.05, 3.63) is 43.1 Å². The smallest absolute Gasteiger partial charge is 0.307 e. The molecule has 19 heavy (non-hydrogen) atoms. The molecule has 0 aliphatic carbocycles. The van der Waals surface area contributed by atoms with Crippen LogP contribution in [0.3, 0.4) is 0 Å². The molecule has 1 unspecified atom stereocenters. The summed E-state index contributed by atoms with van der Waals surface area (Å²) in [6, 6.07) is 3.99. The van der Waals surface area contributed by atoms with Crippen molar-refractivity contribution in [2.24, 2.45) is 0 Å². The van der Waals surface area contributed by atoms with Gasteiger partial charge in [0.1, 0.15) is 0 Å². The average molecular weight is 296 g/mol. The molecule has 1 N–H and O–H groups in total. The summed E-state index contributed by atoms with van der Waals surface area (Å²) in [4.78, 5) is 24.5. The summed E-state index contributed by atoms with van der Waals surface area (Å²) in [5.74, 6) is -0.0293. The molecule has 0 aromatic carbocycles. The number of aryl methyl sites for hydroxylation is 1. The van der Waals surface area contributed by atoms with Crippen molar-refractivity contribution >= 4 is 28.6 Å². The maximum absolute atomic E-state index is 11.8. The van der Waals surface area contributed by atoms with Gasteiger partial charge in [-0.3, -0.25) is 9.59 Å². The molecular formula is C13H16N2O2S2. The highest BCUT2D eigenvalue weighted by molar-refractivity contribution is 7.10. The van der Waals surface area contributed by atoms with Crippen LogP contribution in [0, 0.1) is 6.92 Å². The van der Waals surface area contributed by atoms with Crippen molar-refractivity contribution in [2.75, 3.05) is 0 Å². The Labute approximate surface area is 119 Å². The SMILES string of the molecule is Cc1csc(=O)n1CCC(=O)NC(C)c1cccs1. The number of hydrogen-bond acceptors (Lipinski definition) is 4. The molecule has 102 valence electrons. The third kappa shape index (κ3) is 3.54. The number of carbonyl (C=O) groups excluding carboxylic acids is 1. The fourth-order valence-corrected chi connectivity index (χ4v) is 3.31. The molecule has 0 aliphatic rings. The molecule has 0 saturated heterocycles. The molecule has 0 spiro atoms. The van der Waals surface area contributed by atoms with Crippen LogP contribution >= 0.6 is 22.7 Å². The van der Waals surface area contributed by atoms with Crippen LogP contribution in [0.25, 0.3) is 0 Å². The van der Waals surface area contributed by atoms with Gasteiger partial charge in [0, 0.05) is 28.9 Å². The molecule has 0 radical (unpaired) electrons. The van der Waals surface area contributed by atoms with Gasteiger partial charge in [-0.25, -0.2) is 0 Å². The molecule has 2 aromatic heterocycles. The average Bonchev–Trinajstić information content (AvgIpc) is 2.98. The summed E-state index contributed by atoms with van der Waals surface area (Å²) in [7, 11) is 0. The van der Waals surface area contributed by atoms with Gasteiger partial charge in [-0.05, 0) is 25.3 Å². The van der Waals surface area contributed by atoms with Gasteiger partial charge in [-0.15, -0.1) is 11.3 Å². The summed E-state index contributed by atoms with van der Waals surface area (Å²) < 4.78 is 1.64. The van der Waals surface area contributed by atoms with E-state index >= 15 is 0 Å². The highest BCUT2D eigenvalue weighted by atomic mass is 32.1. The molecular weight excluding hydrogens is 280 g/mol. The largest absolute Gasteiger partial charge is 0.349 e. The Kier molecular flexibility index (Phi) is 4.55. The Hall–Kier alpha value is -1.40. The fourth-order valence-electron chi connectivity index (χ4n) is 1.81. The van der Waals surface area contributed by atoms with Crippen LogP contribution in [0.5, 0.6) is 0 Å². The fraction of sp³-hybridized carbons (Fsp3) is 0.385. The predicted octanol–water partition coefficient (Wildman–Crippen LogP) is 2.55. The van der Waals surface area contributed by atoms with Crippen molar-refractivity contribution in [1.82, 2.24) is 9.88 Å². The first kappa shape index (κ1) is 14.0. The normalized spacial score (nSPS) is 12.3. The summed E-state index contributed by atoms with van der Waals surface area (Å²) in [6.07, 6.45) is 0.327. The maximum Gasteiger partial charge on any atom is 0.307 e. The minimum Gasteiger partial charge on any atom is -0.349 e. The summed E-state index contributed by atoms with van der Waals surface area (Å²) >= 11 is 2.80. The molecule has 0 fully saturated rings. The standard InChI is InChI=1S/C13H16N2O2S2/c1-9-8-19-13(17)15(9)6-5-12(16)14-10(2)11-4-3-7-18-11/h3-4,7-8,10H,5-6H2,1-2H3,(H,14,16). The Morgan fingerprint density at radius 1 is 1.47 bits per heavy atom. The van der Waals surface area contributed by atoms with Crippen LogP contribution < -0.4 is 10.2 Å². The second-order valence-electron chi connectivity index (χ2n) is 4.35. The zero-order valence-electron chi connectivity index (χ0n) is 10.9. The first-order chi connectivity index (χ1) is 9.08. The third-order valence-electron chi connectivity index (χ3n) is 2.89. The first-order valence-corrected chi connectivity index (χ1v) is 7.81. The zero-order chi connectivity index (χ0) is 13.8. The third-order valence-corrected chi connectivity index (χ3v) is 4.82. The number of thiazole rings is 1. The Morgan fingerprint density at radius 2 is 2.26 bits per heavy atom. The number of rotatable bonds is 5. The summed E-state index contributed by atoms with van der Waals surface area (Å²) in [5.41, 5.74) is 0.911. The lowest BCUT2D eigenvalue weighted by molar-refractivity contribution is -0.121. The summed E-state index contributed by atoms with van der Waals surface area (Å²) in [6.45, 7) is 4.28. The van der Waals surface area contributed by atoms with Gasteiger partial charge in [0.05, 0.1) is 6.04 Å². The van der Waals surface area contributed by atoms with E-state index in [1.807, 2.05) is 36.7 Å². The van der Waals surface area contributed by atoms with Gasteiger partial charge in [-0.2, -0.15) is 0 Å². The van der Waals surface area contributed by atoms with Crippen LogP contribution in [0.1, 0.15) is 30.0 Å². The van der Waals surface area contributed by atoms with Gasteiger partial charge >= 0.3 is 4.87 Å². The number of carbonyl (C=O) groups is 1. The number of thiophene rings is 1. The van der Waals surface area contributed by atoms with Crippen LogP contribution in [-0.4, -0.2) is 10.5 Å². The van der Waals surface area contributed by atoms with Gasteiger partial charge in [0.25, 0.3) is 0 Å². The van der Waals surface area contributed by atoms with E-state index in [-0.39, 0.29) is 16.8 Å². The topological polar surface area (TPSA) is 51.1 Å². The van der Waals surface area contributed by atoms with Crippen LogP contribution in [0.4, 0.5) is 0 Å². The van der Waals surface area contributed by atoms with Gasteiger partial charge in [0.15, 0.2) is 0 Å². The lowest BCUT2D eigenvalue weighted by atomic mass is 10.2. The van der Waals surface area contributed by atoms with Gasteiger partial charge in [0.2, 0.25) is 5.91 Å². The monoisotopic (exact) mass is 296 g/mol. The second-order valence-corrected chi connectivity index (χ2v) is 6.15. The van der Waals surface area contributed by atoms with E-state index < -0.39 is 0 Å². The maximum atomic E-state index is 11.8. The molecule has 4 nitrogen and oxygen atoms in total. The summed E-state index contributed by atoms with van der Waals surface area (Å²) in [5, 5.41) is 6.75. The molecule has 0 saturated carbocycles.